The molecule has 4 heterocycles. The number of piperidine rings is 1. The van der Waals surface area contributed by atoms with Gasteiger partial charge in [-0.15, -0.1) is 5.10 Å². The van der Waals surface area contributed by atoms with Crippen LogP contribution in [0.25, 0.3) is 10.9 Å². The van der Waals surface area contributed by atoms with E-state index < -0.39 is 0 Å². The van der Waals surface area contributed by atoms with Crippen molar-refractivity contribution in [2.75, 3.05) is 19.9 Å². The van der Waals surface area contributed by atoms with Gasteiger partial charge in [0.05, 0.1) is 11.1 Å². The van der Waals surface area contributed by atoms with Gasteiger partial charge in [-0.3, -0.25) is 9.69 Å². The van der Waals surface area contributed by atoms with Gasteiger partial charge in [-0.2, -0.15) is 0 Å². The van der Waals surface area contributed by atoms with E-state index in [0.29, 0.717) is 34.3 Å². The Hall–Kier alpha value is -3.72. The van der Waals surface area contributed by atoms with Gasteiger partial charge < -0.3 is 14.5 Å². The number of nitrogens with one attached hydrogen (secondary N) is 1. The maximum Gasteiger partial charge on any atom is 0.253 e. The van der Waals surface area contributed by atoms with Crippen LogP contribution in [0.5, 0.6) is 11.5 Å². The third-order valence-corrected chi connectivity index (χ3v) is 7.42. The van der Waals surface area contributed by atoms with Crippen LogP contribution in [0, 0.1) is 5.92 Å². The maximum atomic E-state index is 13.5. The number of hydrogen-bond acceptors (Lipinski definition) is 7. The maximum absolute atomic E-state index is 13.5. The number of fused-ring (bicyclic) bond motifs is 2. The molecular formula is C28H32N6O3. The lowest BCUT2D eigenvalue weighted by atomic mass is 9.88. The molecule has 0 spiro atoms. The van der Waals surface area contributed by atoms with Gasteiger partial charge in [-0.25, -0.2) is 4.68 Å². The lowest BCUT2D eigenvalue weighted by molar-refractivity contribution is 0.138. The van der Waals surface area contributed by atoms with Crippen molar-refractivity contribution in [3.05, 3.63) is 75.8 Å². The molecule has 0 amide bonds. The summed E-state index contributed by atoms with van der Waals surface area (Å²) in [6, 6.07) is 16.0. The van der Waals surface area contributed by atoms with Crippen molar-refractivity contribution in [1.29, 1.82) is 0 Å². The first-order valence-electron chi connectivity index (χ1n) is 12.9. The van der Waals surface area contributed by atoms with Gasteiger partial charge in [0.1, 0.15) is 6.04 Å². The highest BCUT2D eigenvalue weighted by Gasteiger charge is 2.35. The summed E-state index contributed by atoms with van der Waals surface area (Å²) in [5.41, 5.74) is 2.24. The number of tetrazole rings is 1. The number of aromatic amines is 1. The van der Waals surface area contributed by atoms with E-state index in [1.807, 2.05) is 22.9 Å². The second-order valence-corrected chi connectivity index (χ2v) is 11.0. The van der Waals surface area contributed by atoms with Gasteiger partial charge >= 0.3 is 0 Å². The summed E-state index contributed by atoms with van der Waals surface area (Å²) in [6.45, 7) is 8.11. The number of hydrogen-bond donors (Lipinski definition) is 1. The average Bonchev–Trinajstić information content (AvgIpc) is 3.54. The minimum Gasteiger partial charge on any atom is -0.454 e. The molecule has 2 aromatic carbocycles. The number of rotatable bonds is 5. The van der Waals surface area contributed by atoms with Gasteiger partial charge in [0.15, 0.2) is 17.3 Å². The first-order chi connectivity index (χ1) is 17.9. The Morgan fingerprint density at radius 2 is 1.78 bits per heavy atom. The molecule has 2 aromatic heterocycles. The molecule has 2 aliphatic heterocycles. The van der Waals surface area contributed by atoms with E-state index in [1.165, 1.54) is 5.56 Å². The molecular weight excluding hydrogens is 468 g/mol. The first-order valence-corrected chi connectivity index (χ1v) is 12.9. The average molecular weight is 501 g/mol. The Bertz CT molecular complexity index is 1470. The summed E-state index contributed by atoms with van der Waals surface area (Å²) < 4.78 is 12.9. The van der Waals surface area contributed by atoms with Crippen molar-refractivity contribution in [3.8, 4) is 11.5 Å². The summed E-state index contributed by atoms with van der Waals surface area (Å²) in [5, 5.41) is 13.7. The Morgan fingerprint density at radius 1 is 1.05 bits per heavy atom. The molecule has 1 fully saturated rings. The zero-order valence-electron chi connectivity index (χ0n) is 21.5. The monoisotopic (exact) mass is 500 g/mol. The lowest BCUT2D eigenvalue weighted by Crippen LogP contribution is -2.42. The van der Waals surface area contributed by atoms with Crippen LogP contribution >= 0.6 is 0 Å². The van der Waals surface area contributed by atoms with Gasteiger partial charge in [-0.1, -0.05) is 30.3 Å². The van der Waals surface area contributed by atoms with E-state index >= 15 is 0 Å². The van der Waals surface area contributed by atoms with Crippen LogP contribution in [0.3, 0.4) is 0 Å². The predicted octanol–water partition coefficient (Wildman–Crippen LogP) is 4.04. The molecule has 0 saturated carbocycles. The molecule has 9 nitrogen and oxygen atoms in total. The SMILES string of the molecule is CC(C)(C)n1nnnc1[C@H](c1cc2cc3c(cc2[nH]c1=O)OCO3)N1CCC(Cc2ccccc2)CC1. The van der Waals surface area contributed by atoms with E-state index in [-0.39, 0.29) is 23.9 Å². The Morgan fingerprint density at radius 3 is 2.51 bits per heavy atom. The van der Waals surface area contributed by atoms with Crippen molar-refractivity contribution in [1.82, 2.24) is 30.1 Å². The normalized spacial score (nSPS) is 17.4. The summed E-state index contributed by atoms with van der Waals surface area (Å²) in [7, 11) is 0. The molecule has 1 saturated heterocycles. The van der Waals surface area contributed by atoms with Crippen molar-refractivity contribution < 1.29 is 9.47 Å². The fourth-order valence-corrected chi connectivity index (χ4v) is 5.52. The van der Waals surface area contributed by atoms with Crippen LogP contribution in [0.1, 0.15) is 56.6 Å². The van der Waals surface area contributed by atoms with E-state index in [9.17, 15) is 4.79 Å². The second-order valence-electron chi connectivity index (χ2n) is 11.0. The van der Waals surface area contributed by atoms with E-state index in [2.05, 4.69) is 76.5 Å². The summed E-state index contributed by atoms with van der Waals surface area (Å²) in [4.78, 5) is 19.0. The highest BCUT2D eigenvalue weighted by atomic mass is 16.7. The van der Waals surface area contributed by atoms with Crippen LogP contribution < -0.4 is 15.0 Å². The third kappa shape index (κ3) is 4.59. The van der Waals surface area contributed by atoms with Gasteiger partial charge in [0.2, 0.25) is 6.79 Å². The van der Waals surface area contributed by atoms with E-state index in [0.717, 1.165) is 37.7 Å². The number of likely N-dealkylation sites (tertiary alicyclic amines) is 1. The number of aromatic nitrogens is 5. The predicted molar refractivity (Wildman–Crippen MR) is 140 cm³/mol. The van der Waals surface area contributed by atoms with Crippen LogP contribution in [-0.2, 0) is 12.0 Å². The third-order valence-electron chi connectivity index (χ3n) is 7.42. The van der Waals surface area contributed by atoms with Crippen molar-refractivity contribution >= 4 is 10.9 Å². The minimum atomic E-state index is -0.370. The van der Waals surface area contributed by atoms with Crippen molar-refractivity contribution in [3.63, 3.8) is 0 Å². The topological polar surface area (TPSA) is 98.2 Å². The van der Waals surface area contributed by atoms with Crippen molar-refractivity contribution in [2.45, 2.75) is 51.6 Å². The van der Waals surface area contributed by atoms with E-state index in [4.69, 9.17) is 9.47 Å². The molecule has 4 aromatic rings. The van der Waals surface area contributed by atoms with Crippen LogP contribution in [0.2, 0.25) is 0 Å². The Balaban J connectivity index is 1.37. The first kappa shape index (κ1) is 23.7. The standard InChI is InChI=1S/C28H32N6O3/c1-28(2,3)34-26(30-31-32-34)25(33-11-9-19(10-12-33)13-18-7-5-4-6-8-18)21-14-20-15-23-24(37-17-36-23)16-22(20)29-27(21)35/h4-8,14-16,19,25H,9-13,17H2,1-3H3,(H,29,35)/t25-/m0/s1. The van der Waals surface area contributed by atoms with Gasteiger partial charge in [-0.05, 0) is 87.2 Å². The number of ether oxygens (including phenoxy) is 2. The number of nitrogens with zero attached hydrogens (tertiary/aromatic N) is 5. The molecule has 1 atom stereocenters. The highest BCUT2D eigenvalue weighted by Crippen LogP contribution is 2.37. The van der Waals surface area contributed by atoms with Gasteiger partial charge in [0.25, 0.3) is 5.56 Å². The Labute approximate surface area is 215 Å². The second kappa shape index (κ2) is 9.30. The van der Waals surface area contributed by atoms with Crippen LogP contribution in [0.4, 0.5) is 0 Å². The Kier molecular flexibility index (Phi) is 5.95. The van der Waals surface area contributed by atoms with Crippen LogP contribution in [-0.4, -0.2) is 50.0 Å². The lowest BCUT2D eigenvalue weighted by Gasteiger charge is -2.37. The number of H-pyrrole nitrogens is 1. The highest BCUT2D eigenvalue weighted by molar-refractivity contribution is 5.83. The molecule has 0 radical (unpaired) electrons. The molecule has 192 valence electrons. The fourth-order valence-electron chi connectivity index (χ4n) is 5.52. The summed E-state index contributed by atoms with van der Waals surface area (Å²) in [6.07, 6.45) is 3.17. The molecule has 9 heteroatoms. The molecule has 2 aliphatic rings. The van der Waals surface area contributed by atoms with Crippen molar-refractivity contribution in [2.24, 2.45) is 5.92 Å². The minimum absolute atomic E-state index is 0.147. The largest absolute Gasteiger partial charge is 0.454 e. The molecule has 37 heavy (non-hydrogen) atoms. The number of benzene rings is 2. The van der Waals surface area contributed by atoms with Gasteiger partial charge in [0, 0.05) is 17.0 Å². The zero-order chi connectivity index (χ0) is 25.6. The summed E-state index contributed by atoms with van der Waals surface area (Å²) in [5.74, 6) is 2.61. The molecule has 1 N–H and O–H groups in total. The summed E-state index contributed by atoms with van der Waals surface area (Å²) >= 11 is 0. The smallest absolute Gasteiger partial charge is 0.253 e. The molecule has 0 bridgehead atoms. The molecule has 0 unspecified atom stereocenters. The fraction of sp³-hybridized carbons (Fsp3) is 0.429. The quantitative estimate of drug-likeness (QED) is 0.442. The number of pyridine rings is 1. The van der Waals surface area contributed by atoms with E-state index in [1.54, 1.807) is 0 Å². The molecule has 6 rings (SSSR count). The van der Waals surface area contributed by atoms with Crippen LogP contribution in [0.15, 0.2) is 53.3 Å². The zero-order valence-corrected chi connectivity index (χ0v) is 21.5. The molecule has 0 aliphatic carbocycles.